The normalized spacial score (nSPS) is 10.8. The summed E-state index contributed by atoms with van der Waals surface area (Å²) in [6.45, 7) is 2.14. The van der Waals surface area contributed by atoms with Crippen molar-refractivity contribution in [3.8, 4) is 40.1 Å². The minimum atomic E-state index is -0.203. The minimum absolute atomic E-state index is 0.203. The fraction of sp³-hybridized carbons (Fsp3) is 0.400. The number of fused-ring (bicyclic) bond motifs is 1. The standard InChI is InChI=1S/C25H30O7/c1-7-8-9-10-16-19(27-2)14-20(28-3)23-17(26)13-18(32-24(16)23)15-11-21(29-4)25(31-6)22(12-15)30-5/h11-14H,7-10H2,1-6H3. The molecular weight excluding hydrogens is 412 g/mol. The molecule has 32 heavy (non-hydrogen) atoms. The second kappa shape index (κ2) is 10.3. The molecule has 0 aliphatic heterocycles. The number of benzene rings is 2. The first-order chi connectivity index (χ1) is 15.5. The minimum Gasteiger partial charge on any atom is -0.496 e. The molecule has 0 unspecified atom stereocenters. The van der Waals surface area contributed by atoms with Crippen molar-refractivity contribution >= 4 is 11.0 Å². The molecule has 0 saturated heterocycles. The molecular formula is C25H30O7. The van der Waals surface area contributed by atoms with Gasteiger partial charge >= 0.3 is 0 Å². The van der Waals surface area contributed by atoms with E-state index >= 15 is 0 Å². The molecule has 3 aromatic rings. The molecule has 172 valence electrons. The van der Waals surface area contributed by atoms with Crippen LogP contribution >= 0.6 is 0 Å². The average molecular weight is 443 g/mol. The Kier molecular flexibility index (Phi) is 7.51. The van der Waals surface area contributed by atoms with Crippen LogP contribution in [0.3, 0.4) is 0 Å². The lowest BCUT2D eigenvalue weighted by atomic mass is 10.0. The number of hydrogen-bond donors (Lipinski definition) is 0. The van der Waals surface area contributed by atoms with Crippen molar-refractivity contribution in [3.63, 3.8) is 0 Å². The van der Waals surface area contributed by atoms with Crippen LogP contribution in [0.2, 0.25) is 0 Å². The Hall–Kier alpha value is -3.35. The van der Waals surface area contributed by atoms with E-state index in [-0.39, 0.29) is 5.43 Å². The molecule has 1 heterocycles. The van der Waals surface area contributed by atoms with Crippen molar-refractivity contribution in [1.29, 1.82) is 0 Å². The summed E-state index contributed by atoms with van der Waals surface area (Å²) in [5.41, 5.74) is 1.74. The average Bonchev–Trinajstić information content (AvgIpc) is 2.82. The van der Waals surface area contributed by atoms with Gasteiger partial charge in [-0.2, -0.15) is 0 Å². The predicted octanol–water partition coefficient (Wildman–Crippen LogP) is 5.24. The third-order valence-corrected chi connectivity index (χ3v) is 5.45. The van der Waals surface area contributed by atoms with Crippen molar-refractivity contribution in [2.45, 2.75) is 32.6 Å². The van der Waals surface area contributed by atoms with Crippen molar-refractivity contribution < 1.29 is 28.1 Å². The molecule has 0 saturated carbocycles. The van der Waals surface area contributed by atoms with Gasteiger partial charge in [0.05, 0.1) is 35.5 Å². The van der Waals surface area contributed by atoms with Gasteiger partial charge in [-0.15, -0.1) is 0 Å². The van der Waals surface area contributed by atoms with Crippen LogP contribution in [0.25, 0.3) is 22.3 Å². The van der Waals surface area contributed by atoms with E-state index in [4.69, 9.17) is 28.1 Å². The zero-order valence-electron chi connectivity index (χ0n) is 19.5. The summed E-state index contributed by atoms with van der Waals surface area (Å²) in [5.74, 6) is 2.84. The fourth-order valence-corrected chi connectivity index (χ4v) is 3.83. The Balaban J connectivity index is 2.31. The van der Waals surface area contributed by atoms with E-state index in [1.54, 1.807) is 39.5 Å². The molecule has 2 aromatic carbocycles. The van der Waals surface area contributed by atoms with Crippen molar-refractivity contribution in [2.75, 3.05) is 35.5 Å². The van der Waals surface area contributed by atoms with Gasteiger partial charge in [-0.1, -0.05) is 19.8 Å². The predicted molar refractivity (Wildman–Crippen MR) is 124 cm³/mol. The van der Waals surface area contributed by atoms with Crippen LogP contribution in [0.1, 0.15) is 31.7 Å². The first-order valence-electron chi connectivity index (χ1n) is 10.5. The van der Waals surface area contributed by atoms with Gasteiger partial charge in [0.15, 0.2) is 16.9 Å². The van der Waals surface area contributed by atoms with Crippen molar-refractivity contribution in [1.82, 2.24) is 0 Å². The summed E-state index contributed by atoms with van der Waals surface area (Å²) in [5, 5.41) is 0.399. The summed E-state index contributed by atoms with van der Waals surface area (Å²) in [6.07, 6.45) is 3.82. The second-order valence-electron chi connectivity index (χ2n) is 7.31. The SMILES string of the molecule is CCCCCc1c(OC)cc(OC)c2c(=O)cc(-c3cc(OC)c(OC)c(OC)c3)oc12. The van der Waals surface area contributed by atoms with Gasteiger partial charge in [-0.25, -0.2) is 0 Å². The highest BCUT2D eigenvalue weighted by atomic mass is 16.5. The second-order valence-corrected chi connectivity index (χ2v) is 7.31. The maximum absolute atomic E-state index is 13.2. The number of rotatable bonds is 10. The molecule has 0 radical (unpaired) electrons. The molecule has 7 nitrogen and oxygen atoms in total. The maximum atomic E-state index is 13.2. The van der Waals surface area contributed by atoms with Gasteiger partial charge < -0.3 is 28.1 Å². The molecule has 0 amide bonds. The quantitative estimate of drug-likeness (QED) is 0.398. The van der Waals surface area contributed by atoms with E-state index in [0.717, 1.165) is 31.2 Å². The Labute approximate surface area is 187 Å². The number of hydrogen-bond acceptors (Lipinski definition) is 7. The van der Waals surface area contributed by atoms with Gasteiger partial charge in [0.2, 0.25) is 5.75 Å². The Morgan fingerprint density at radius 1 is 0.750 bits per heavy atom. The first kappa shape index (κ1) is 23.3. The van der Waals surface area contributed by atoms with E-state index in [1.807, 2.05) is 0 Å². The summed E-state index contributed by atoms with van der Waals surface area (Å²) < 4.78 is 33.8. The number of methoxy groups -OCH3 is 5. The zero-order valence-corrected chi connectivity index (χ0v) is 19.5. The first-order valence-corrected chi connectivity index (χ1v) is 10.5. The number of unbranched alkanes of at least 4 members (excludes halogenated alkanes) is 2. The zero-order chi connectivity index (χ0) is 23.3. The molecule has 3 rings (SSSR count). The smallest absolute Gasteiger partial charge is 0.203 e. The van der Waals surface area contributed by atoms with Crippen molar-refractivity contribution in [3.05, 3.63) is 40.1 Å². The third kappa shape index (κ3) is 4.33. The maximum Gasteiger partial charge on any atom is 0.203 e. The molecule has 1 aromatic heterocycles. The van der Waals surface area contributed by atoms with Crippen LogP contribution in [0.15, 0.2) is 33.5 Å². The van der Waals surface area contributed by atoms with E-state index in [0.29, 0.717) is 51.0 Å². The lowest BCUT2D eigenvalue weighted by Crippen LogP contribution is -2.06. The van der Waals surface area contributed by atoms with E-state index in [2.05, 4.69) is 6.92 Å². The fourth-order valence-electron chi connectivity index (χ4n) is 3.83. The molecule has 0 atom stereocenters. The molecule has 0 N–H and O–H groups in total. The van der Waals surface area contributed by atoms with Gasteiger partial charge in [0.25, 0.3) is 0 Å². The summed E-state index contributed by atoms with van der Waals surface area (Å²) >= 11 is 0. The Morgan fingerprint density at radius 2 is 1.38 bits per heavy atom. The number of ether oxygens (including phenoxy) is 5. The van der Waals surface area contributed by atoms with Gasteiger partial charge in [-0.05, 0) is 25.0 Å². The van der Waals surface area contributed by atoms with Crippen LogP contribution in [0, 0.1) is 0 Å². The Morgan fingerprint density at radius 3 is 1.91 bits per heavy atom. The Bertz CT molecular complexity index is 1120. The van der Waals surface area contributed by atoms with Gasteiger partial charge in [-0.3, -0.25) is 4.79 Å². The van der Waals surface area contributed by atoms with Crippen molar-refractivity contribution in [2.24, 2.45) is 0 Å². The molecule has 0 spiro atoms. The highest BCUT2D eigenvalue weighted by molar-refractivity contribution is 5.89. The molecule has 0 bridgehead atoms. The van der Waals surface area contributed by atoms with Gasteiger partial charge in [0.1, 0.15) is 28.2 Å². The van der Waals surface area contributed by atoms with Crippen LogP contribution < -0.4 is 29.1 Å². The van der Waals surface area contributed by atoms with Gasteiger partial charge in [0, 0.05) is 23.3 Å². The molecule has 0 aliphatic carbocycles. The van der Waals surface area contributed by atoms with Crippen LogP contribution in [0.5, 0.6) is 28.7 Å². The monoisotopic (exact) mass is 442 g/mol. The third-order valence-electron chi connectivity index (χ3n) is 5.45. The topological polar surface area (TPSA) is 76.4 Å². The largest absolute Gasteiger partial charge is 0.496 e. The van der Waals surface area contributed by atoms with Crippen LogP contribution in [-0.4, -0.2) is 35.5 Å². The lowest BCUT2D eigenvalue weighted by Gasteiger charge is -2.16. The summed E-state index contributed by atoms with van der Waals surface area (Å²) in [4.78, 5) is 13.2. The highest BCUT2D eigenvalue weighted by Gasteiger charge is 2.21. The van der Waals surface area contributed by atoms with E-state index in [1.165, 1.54) is 20.3 Å². The summed E-state index contributed by atoms with van der Waals surface area (Å²) in [7, 11) is 7.75. The van der Waals surface area contributed by atoms with E-state index in [9.17, 15) is 4.79 Å². The van der Waals surface area contributed by atoms with Crippen LogP contribution in [0.4, 0.5) is 0 Å². The molecule has 0 aliphatic rings. The lowest BCUT2D eigenvalue weighted by molar-refractivity contribution is 0.324. The van der Waals surface area contributed by atoms with Crippen LogP contribution in [-0.2, 0) is 6.42 Å². The summed E-state index contributed by atoms with van der Waals surface area (Å²) in [6, 6.07) is 6.70. The molecule has 7 heteroatoms. The number of aryl methyl sites for hydroxylation is 1. The highest BCUT2D eigenvalue weighted by Crippen LogP contribution is 2.42. The molecule has 0 fully saturated rings. The van der Waals surface area contributed by atoms with E-state index < -0.39 is 0 Å².